The molecule has 1 rings (SSSR count). The van der Waals surface area contributed by atoms with Gasteiger partial charge in [0, 0.05) is 19.5 Å². The quantitative estimate of drug-likeness (QED) is 0.748. The van der Waals surface area contributed by atoms with Crippen LogP contribution in [0, 0.1) is 0 Å². The van der Waals surface area contributed by atoms with E-state index in [1.165, 1.54) is 12.4 Å². The van der Waals surface area contributed by atoms with Crippen LogP contribution in [0.4, 0.5) is 5.82 Å². The van der Waals surface area contributed by atoms with Crippen molar-refractivity contribution in [2.75, 3.05) is 32.2 Å². The van der Waals surface area contributed by atoms with Gasteiger partial charge in [0.1, 0.15) is 6.61 Å². The first-order valence-electron chi connectivity index (χ1n) is 4.57. The van der Waals surface area contributed by atoms with Crippen LogP contribution in [0.2, 0.25) is 5.15 Å². The Bertz CT molecular complexity index is 349. The molecule has 1 amide bonds. The van der Waals surface area contributed by atoms with Crippen LogP contribution in [-0.2, 0) is 14.3 Å². The molecule has 0 saturated heterocycles. The Morgan fingerprint density at radius 1 is 1.44 bits per heavy atom. The minimum Gasteiger partial charge on any atom is -0.382 e. The summed E-state index contributed by atoms with van der Waals surface area (Å²) >= 11 is 5.70. The van der Waals surface area contributed by atoms with Crippen molar-refractivity contribution in [2.45, 2.75) is 0 Å². The molecule has 1 aromatic heterocycles. The first-order valence-corrected chi connectivity index (χ1v) is 4.95. The molecule has 7 heteroatoms. The van der Waals surface area contributed by atoms with Gasteiger partial charge in [-0.2, -0.15) is 0 Å². The number of halogens is 1. The van der Waals surface area contributed by atoms with E-state index in [2.05, 4.69) is 15.3 Å². The molecule has 0 spiro atoms. The number of ether oxygens (including phenoxy) is 2. The van der Waals surface area contributed by atoms with Crippen molar-refractivity contribution in [3.8, 4) is 0 Å². The van der Waals surface area contributed by atoms with Gasteiger partial charge in [-0.3, -0.25) is 4.79 Å². The fraction of sp³-hybridized carbons (Fsp3) is 0.444. The number of anilines is 1. The number of amides is 1. The molecule has 1 heterocycles. The van der Waals surface area contributed by atoms with E-state index in [1.807, 2.05) is 0 Å². The molecule has 0 radical (unpaired) electrons. The highest BCUT2D eigenvalue weighted by Crippen LogP contribution is 2.13. The van der Waals surface area contributed by atoms with E-state index in [1.54, 1.807) is 7.11 Å². The molecule has 0 unspecified atom stereocenters. The SMILES string of the molecule is COCCOCC(=O)Nc1nccnc1Cl. The second-order valence-electron chi connectivity index (χ2n) is 2.79. The van der Waals surface area contributed by atoms with Crippen molar-refractivity contribution < 1.29 is 14.3 Å². The second-order valence-corrected chi connectivity index (χ2v) is 3.15. The van der Waals surface area contributed by atoms with E-state index in [0.717, 1.165) is 0 Å². The summed E-state index contributed by atoms with van der Waals surface area (Å²) < 4.78 is 9.78. The third-order valence-electron chi connectivity index (χ3n) is 1.58. The summed E-state index contributed by atoms with van der Waals surface area (Å²) in [4.78, 5) is 18.9. The smallest absolute Gasteiger partial charge is 0.251 e. The van der Waals surface area contributed by atoms with Crippen LogP contribution in [0.3, 0.4) is 0 Å². The molecule has 0 atom stereocenters. The Morgan fingerprint density at radius 2 is 2.19 bits per heavy atom. The third-order valence-corrected chi connectivity index (χ3v) is 1.85. The van der Waals surface area contributed by atoms with E-state index in [9.17, 15) is 4.79 Å². The van der Waals surface area contributed by atoms with Crippen LogP contribution >= 0.6 is 11.6 Å². The van der Waals surface area contributed by atoms with Crippen LogP contribution in [0.15, 0.2) is 12.4 Å². The minimum absolute atomic E-state index is 0.0732. The zero-order valence-electron chi connectivity index (χ0n) is 8.77. The van der Waals surface area contributed by atoms with E-state index >= 15 is 0 Å². The Balaban J connectivity index is 2.32. The summed E-state index contributed by atoms with van der Waals surface area (Å²) in [6.45, 7) is 0.730. The number of methoxy groups -OCH3 is 1. The summed E-state index contributed by atoms with van der Waals surface area (Å²) in [7, 11) is 1.56. The van der Waals surface area contributed by atoms with Crippen molar-refractivity contribution in [1.82, 2.24) is 9.97 Å². The van der Waals surface area contributed by atoms with E-state index < -0.39 is 0 Å². The largest absolute Gasteiger partial charge is 0.382 e. The highest BCUT2D eigenvalue weighted by atomic mass is 35.5. The fourth-order valence-electron chi connectivity index (χ4n) is 0.880. The topological polar surface area (TPSA) is 73.3 Å². The lowest BCUT2D eigenvalue weighted by molar-refractivity contribution is -0.121. The van der Waals surface area contributed by atoms with Gasteiger partial charge in [-0.25, -0.2) is 9.97 Å². The number of hydrogen-bond donors (Lipinski definition) is 1. The summed E-state index contributed by atoms with van der Waals surface area (Å²) in [5.74, 6) is -0.108. The fourth-order valence-corrected chi connectivity index (χ4v) is 1.03. The molecule has 0 bridgehead atoms. The molecule has 1 N–H and O–H groups in total. The van der Waals surface area contributed by atoms with Crippen LogP contribution in [0.1, 0.15) is 0 Å². The molecule has 0 aliphatic carbocycles. The van der Waals surface area contributed by atoms with Gasteiger partial charge in [-0.1, -0.05) is 11.6 Å². The molecule has 1 aromatic rings. The van der Waals surface area contributed by atoms with Crippen molar-refractivity contribution in [3.63, 3.8) is 0 Å². The predicted molar refractivity (Wildman–Crippen MR) is 58.4 cm³/mol. The first kappa shape index (κ1) is 12.8. The zero-order valence-corrected chi connectivity index (χ0v) is 9.53. The number of hydrogen-bond acceptors (Lipinski definition) is 5. The van der Waals surface area contributed by atoms with Gasteiger partial charge in [0.25, 0.3) is 5.91 Å². The van der Waals surface area contributed by atoms with Gasteiger partial charge in [-0.05, 0) is 0 Å². The molecular weight excluding hydrogens is 234 g/mol. The molecule has 0 saturated carbocycles. The van der Waals surface area contributed by atoms with E-state index in [4.69, 9.17) is 21.1 Å². The lowest BCUT2D eigenvalue weighted by atomic mass is 10.5. The van der Waals surface area contributed by atoms with Gasteiger partial charge in [0.15, 0.2) is 11.0 Å². The lowest BCUT2D eigenvalue weighted by Crippen LogP contribution is -2.20. The van der Waals surface area contributed by atoms with E-state index in [0.29, 0.717) is 13.2 Å². The normalized spacial score (nSPS) is 10.1. The van der Waals surface area contributed by atoms with Crippen LogP contribution in [-0.4, -0.2) is 42.8 Å². The molecule has 16 heavy (non-hydrogen) atoms. The Labute approximate surface area is 97.9 Å². The van der Waals surface area contributed by atoms with Crippen LogP contribution in [0.5, 0.6) is 0 Å². The van der Waals surface area contributed by atoms with Crippen molar-refractivity contribution in [1.29, 1.82) is 0 Å². The maximum absolute atomic E-state index is 11.3. The maximum Gasteiger partial charge on any atom is 0.251 e. The van der Waals surface area contributed by atoms with Gasteiger partial charge in [-0.15, -0.1) is 0 Å². The molecule has 0 fully saturated rings. The van der Waals surface area contributed by atoms with Crippen molar-refractivity contribution >= 4 is 23.3 Å². The van der Waals surface area contributed by atoms with Gasteiger partial charge >= 0.3 is 0 Å². The minimum atomic E-state index is -0.335. The second kappa shape index (κ2) is 7.10. The standard InChI is InChI=1S/C9H12ClN3O3/c1-15-4-5-16-6-7(14)13-9-8(10)11-2-3-12-9/h2-3H,4-6H2,1H3,(H,12,13,14). The summed E-state index contributed by atoms with van der Waals surface area (Å²) in [5.41, 5.74) is 0. The molecule has 6 nitrogen and oxygen atoms in total. The van der Waals surface area contributed by atoms with E-state index in [-0.39, 0.29) is 23.5 Å². The summed E-state index contributed by atoms with van der Waals surface area (Å²) in [6.07, 6.45) is 2.88. The zero-order chi connectivity index (χ0) is 11.8. The molecule has 0 aliphatic heterocycles. The summed E-state index contributed by atoms with van der Waals surface area (Å²) in [6, 6.07) is 0. The Morgan fingerprint density at radius 3 is 2.88 bits per heavy atom. The lowest BCUT2D eigenvalue weighted by Gasteiger charge is -2.05. The molecule has 0 aromatic carbocycles. The first-order chi connectivity index (χ1) is 7.74. The number of nitrogens with zero attached hydrogens (tertiary/aromatic N) is 2. The van der Waals surface area contributed by atoms with Gasteiger partial charge in [0.2, 0.25) is 0 Å². The third kappa shape index (κ3) is 4.52. The average Bonchev–Trinajstić information content (AvgIpc) is 2.28. The number of carbonyl (C=O) groups is 1. The highest BCUT2D eigenvalue weighted by Gasteiger charge is 2.07. The summed E-state index contributed by atoms with van der Waals surface area (Å²) in [5, 5.41) is 2.62. The molecular formula is C9H12ClN3O3. The van der Waals surface area contributed by atoms with Crippen LogP contribution < -0.4 is 5.32 Å². The van der Waals surface area contributed by atoms with Gasteiger partial charge < -0.3 is 14.8 Å². The Hall–Kier alpha value is -1.24. The Kier molecular flexibility index (Phi) is 5.69. The monoisotopic (exact) mass is 245 g/mol. The maximum atomic E-state index is 11.3. The number of nitrogens with one attached hydrogen (secondary N) is 1. The molecule has 0 aliphatic rings. The average molecular weight is 246 g/mol. The van der Waals surface area contributed by atoms with Crippen LogP contribution in [0.25, 0.3) is 0 Å². The van der Waals surface area contributed by atoms with Gasteiger partial charge in [0.05, 0.1) is 13.2 Å². The van der Waals surface area contributed by atoms with Crippen molar-refractivity contribution in [2.24, 2.45) is 0 Å². The number of rotatable bonds is 6. The number of aromatic nitrogens is 2. The predicted octanol–water partition coefficient (Wildman–Crippen LogP) is 0.731. The molecule has 88 valence electrons. The highest BCUT2D eigenvalue weighted by molar-refractivity contribution is 6.32. The number of carbonyl (C=O) groups excluding carboxylic acids is 1. The van der Waals surface area contributed by atoms with Crippen molar-refractivity contribution in [3.05, 3.63) is 17.5 Å².